The van der Waals surface area contributed by atoms with Crippen LogP contribution in [-0.4, -0.2) is 17.3 Å². The Kier molecular flexibility index (Phi) is 3.63. The second-order valence-electron chi connectivity index (χ2n) is 3.43. The van der Waals surface area contributed by atoms with E-state index >= 15 is 0 Å². The zero-order chi connectivity index (χ0) is 12.3. The van der Waals surface area contributed by atoms with Crippen molar-refractivity contribution in [1.29, 1.82) is 0 Å². The minimum atomic E-state index is 0.490. The molecular formula is C11H12BrN3O2. The molecule has 0 unspecified atom stereocenters. The number of hydrogen-bond donors (Lipinski definition) is 1. The Hall–Kier alpha value is -1.56. The Morgan fingerprint density at radius 3 is 2.94 bits per heavy atom. The monoisotopic (exact) mass is 297 g/mol. The number of rotatable bonds is 4. The van der Waals surface area contributed by atoms with Gasteiger partial charge in [-0.15, -0.1) is 0 Å². The first-order valence-corrected chi connectivity index (χ1v) is 5.85. The molecule has 0 radical (unpaired) electrons. The van der Waals surface area contributed by atoms with E-state index in [0.717, 1.165) is 15.9 Å². The number of hydrogen-bond acceptors (Lipinski definition) is 5. The quantitative estimate of drug-likeness (QED) is 0.940. The van der Waals surface area contributed by atoms with Gasteiger partial charge in [0.05, 0.1) is 19.3 Å². The average Bonchev–Trinajstić information content (AvgIpc) is 2.73. The van der Waals surface area contributed by atoms with Gasteiger partial charge in [0.25, 0.3) is 0 Å². The molecule has 1 heterocycles. The van der Waals surface area contributed by atoms with E-state index in [-0.39, 0.29) is 0 Å². The first-order valence-electron chi connectivity index (χ1n) is 5.05. The number of halogens is 1. The molecule has 90 valence electrons. The molecule has 0 spiro atoms. The molecule has 17 heavy (non-hydrogen) atoms. The minimum Gasteiger partial charge on any atom is -0.495 e. The Morgan fingerprint density at radius 1 is 1.47 bits per heavy atom. The first-order chi connectivity index (χ1) is 8.19. The van der Waals surface area contributed by atoms with Gasteiger partial charge in [-0.1, -0.05) is 21.1 Å². The molecule has 0 aliphatic carbocycles. The molecule has 0 fully saturated rings. The van der Waals surface area contributed by atoms with Crippen molar-refractivity contribution in [3.05, 3.63) is 34.4 Å². The van der Waals surface area contributed by atoms with Crippen molar-refractivity contribution >= 4 is 21.6 Å². The van der Waals surface area contributed by atoms with E-state index in [1.807, 2.05) is 18.2 Å². The third-order valence-corrected chi connectivity index (χ3v) is 2.66. The number of ether oxygens (including phenoxy) is 1. The molecule has 0 atom stereocenters. The van der Waals surface area contributed by atoms with Gasteiger partial charge >= 0.3 is 0 Å². The van der Waals surface area contributed by atoms with Gasteiger partial charge in [0.2, 0.25) is 5.89 Å². The third-order valence-electron chi connectivity index (χ3n) is 2.17. The van der Waals surface area contributed by atoms with E-state index in [0.29, 0.717) is 18.3 Å². The molecule has 0 bridgehead atoms. The highest BCUT2D eigenvalue weighted by atomic mass is 79.9. The summed E-state index contributed by atoms with van der Waals surface area (Å²) < 4.78 is 11.1. The fraction of sp³-hybridized carbons (Fsp3) is 0.273. The maximum absolute atomic E-state index is 5.25. The van der Waals surface area contributed by atoms with Crippen LogP contribution in [-0.2, 0) is 6.54 Å². The van der Waals surface area contributed by atoms with Crippen LogP contribution in [0, 0.1) is 6.92 Å². The highest BCUT2D eigenvalue weighted by molar-refractivity contribution is 9.10. The minimum absolute atomic E-state index is 0.490. The number of methoxy groups -OCH3 is 1. The predicted molar refractivity (Wildman–Crippen MR) is 67.1 cm³/mol. The van der Waals surface area contributed by atoms with E-state index in [2.05, 4.69) is 31.4 Å². The largest absolute Gasteiger partial charge is 0.495 e. The lowest BCUT2D eigenvalue weighted by molar-refractivity contribution is 0.388. The Labute approximate surface area is 107 Å². The van der Waals surface area contributed by atoms with Crippen LogP contribution in [0.15, 0.2) is 27.2 Å². The lowest BCUT2D eigenvalue weighted by Gasteiger charge is -2.09. The fourth-order valence-corrected chi connectivity index (χ4v) is 1.77. The third kappa shape index (κ3) is 2.97. The summed E-state index contributed by atoms with van der Waals surface area (Å²) in [6.45, 7) is 2.25. The van der Waals surface area contributed by atoms with Gasteiger partial charge in [-0.25, -0.2) is 0 Å². The summed E-state index contributed by atoms with van der Waals surface area (Å²) in [6, 6.07) is 5.74. The molecule has 0 saturated carbocycles. The van der Waals surface area contributed by atoms with Crippen molar-refractivity contribution in [2.75, 3.05) is 12.4 Å². The SMILES string of the molecule is COc1ccc(Br)cc1NCc1noc(C)n1. The summed E-state index contributed by atoms with van der Waals surface area (Å²) in [5, 5.41) is 7.00. The van der Waals surface area contributed by atoms with Crippen molar-refractivity contribution in [2.45, 2.75) is 13.5 Å². The average molecular weight is 298 g/mol. The van der Waals surface area contributed by atoms with Gasteiger partial charge in [-0.3, -0.25) is 0 Å². The van der Waals surface area contributed by atoms with Gasteiger partial charge in [0, 0.05) is 11.4 Å². The summed E-state index contributed by atoms with van der Waals surface area (Å²) in [5.74, 6) is 1.95. The van der Waals surface area contributed by atoms with Crippen LogP contribution in [0.2, 0.25) is 0 Å². The van der Waals surface area contributed by atoms with E-state index in [1.54, 1.807) is 14.0 Å². The van der Waals surface area contributed by atoms with Crippen LogP contribution in [0.3, 0.4) is 0 Å². The Bertz CT molecular complexity index is 513. The van der Waals surface area contributed by atoms with Crippen molar-refractivity contribution < 1.29 is 9.26 Å². The van der Waals surface area contributed by atoms with Crippen LogP contribution >= 0.6 is 15.9 Å². The Balaban J connectivity index is 2.10. The lowest BCUT2D eigenvalue weighted by Crippen LogP contribution is -2.03. The fourth-order valence-electron chi connectivity index (χ4n) is 1.41. The number of anilines is 1. The Morgan fingerprint density at radius 2 is 2.29 bits per heavy atom. The van der Waals surface area contributed by atoms with Crippen LogP contribution in [0.25, 0.3) is 0 Å². The summed E-state index contributed by atoms with van der Waals surface area (Å²) in [5.41, 5.74) is 0.879. The molecule has 6 heteroatoms. The molecule has 0 amide bonds. The van der Waals surface area contributed by atoms with E-state index in [9.17, 15) is 0 Å². The molecule has 1 aromatic heterocycles. The van der Waals surface area contributed by atoms with Crippen molar-refractivity contribution in [1.82, 2.24) is 10.1 Å². The highest BCUT2D eigenvalue weighted by Crippen LogP contribution is 2.28. The maximum atomic E-state index is 5.25. The van der Waals surface area contributed by atoms with E-state index in [4.69, 9.17) is 9.26 Å². The van der Waals surface area contributed by atoms with Gasteiger partial charge < -0.3 is 14.6 Å². The number of benzene rings is 1. The standard InChI is InChI=1S/C11H12BrN3O2/c1-7-14-11(15-17-7)6-13-9-5-8(12)3-4-10(9)16-2/h3-5,13H,6H2,1-2H3. The van der Waals surface area contributed by atoms with E-state index < -0.39 is 0 Å². The molecule has 0 aliphatic rings. The lowest BCUT2D eigenvalue weighted by atomic mass is 10.3. The van der Waals surface area contributed by atoms with Crippen molar-refractivity contribution in [3.63, 3.8) is 0 Å². The first kappa shape index (κ1) is 11.9. The van der Waals surface area contributed by atoms with Crippen molar-refractivity contribution in [2.24, 2.45) is 0 Å². The second-order valence-corrected chi connectivity index (χ2v) is 4.34. The number of aryl methyl sites for hydroxylation is 1. The molecule has 5 nitrogen and oxygen atoms in total. The zero-order valence-corrected chi connectivity index (χ0v) is 11.1. The molecule has 1 aromatic carbocycles. The summed E-state index contributed by atoms with van der Waals surface area (Å²) >= 11 is 3.41. The van der Waals surface area contributed by atoms with Gasteiger partial charge in [-0.2, -0.15) is 4.98 Å². The summed E-state index contributed by atoms with van der Waals surface area (Å²) in [6.07, 6.45) is 0. The zero-order valence-electron chi connectivity index (χ0n) is 9.53. The number of aromatic nitrogens is 2. The molecule has 0 aliphatic heterocycles. The molecule has 2 rings (SSSR count). The molecular weight excluding hydrogens is 286 g/mol. The second kappa shape index (κ2) is 5.18. The van der Waals surface area contributed by atoms with E-state index in [1.165, 1.54) is 0 Å². The van der Waals surface area contributed by atoms with Gasteiger partial charge in [0.15, 0.2) is 5.82 Å². The highest BCUT2D eigenvalue weighted by Gasteiger charge is 2.06. The van der Waals surface area contributed by atoms with Crippen molar-refractivity contribution in [3.8, 4) is 5.75 Å². The topological polar surface area (TPSA) is 60.2 Å². The van der Waals surface area contributed by atoms with Crippen LogP contribution in [0.1, 0.15) is 11.7 Å². The summed E-state index contributed by atoms with van der Waals surface area (Å²) in [4.78, 5) is 4.11. The number of nitrogens with zero attached hydrogens (tertiary/aromatic N) is 2. The van der Waals surface area contributed by atoms with Crippen LogP contribution in [0.5, 0.6) is 5.75 Å². The molecule has 1 N–H and O–H groups in total. The maximum Gasteiger partial charge on any atom is 0.223 e. The smallest absolute Gasteiger partial charge is 0.223 e. The van der Waals surface area contributed by atoms with Gasteiger partial charge in [-0.05, 0) is 18.2 Å². The van der Waals surface area contributed by atoms with Crippen LogP contribution in [0.4, 0.5) is 5.69 Å². The predicted octanol–water partition coefficient (Wildman–Crippen LogP) is 2.76. The van der Waals surface area contributed by atoms with Gasteiger partial charge in [0.1, 0.15) is 5.75 Å². The summed E-state index contributed by atoms with van der Waals surface area (Å²) in [7, 11) is 1.63. The molecule has 2 aromatic rings. The normalized spacial score (nSPS) is 10.3. The molecule has 0 saturated heterocycles. The number of nitrogens with one attached hydrogen (secondary N) is 1. The van der Waals surface area contributed by atoms with Crippen LogP contribution < -0.4 is 10.1 Å².